The summed E-state index contributed by atoms with van der Waals surface area (Å²) in [4.78, 5) is 29.3. The van der Waals surface area contributed by atoms with Crippen LogP contribution in [-0.4, -0.2) is 79.3 Å². The predicted molar refractivity (Wildman–Crippen MR) is 141 cm³/mol. The van der Waals surface area contributed by atoms with Crippen molar-refractivity contribution in [2.75, 3.05) is 24.3 Å². The van der Waals surface area contributed by atoms with Gasteiger partial charge in [-0.1, -0.05) is 12.1 Å². The average molecular weight is 473 g/mol. The Kier molecular flexibility index (Phi) is 7.79. The molecule has 178 valence electrons. The summed E-state index contributed by atoms with van der Waals surface area (Å²) < 4.78 is 7.24. The number of aromatic nitrogens is 5. The van der Waals surface area contributed by atoms with Crippen molar-refractivity contribution < 1.29 is 14.3 Å². The van der Waals surface area contributed by atoms with Crippen LogP contribution in [0.2, 0.25) is 0 Å². The molecular formula is C20H26B3N9O3. The molecule has 15 heteroatoms. The van der Waals surface area contributed by atoms with E-state index in [2.05, 4.69) is 48.1 Å². The Balaban J connectivity index is 2.02. The van der Waals surface area contributed by atoms with Gasteiger partial charge in [0.15, 0.2) is 23.1 Å². The SMILES string of the molecule is BC(B)(B)NC(=O)c1nnc(NC(=O)NCC=C)cc1Nc1cccc(-c2ncn(C)n2)c1OC. The Bertz CT molecular complexity index is 1240. The number of anilines is 3. The number of hydrogen-bond acceptors (Lipinski definition) is 8. The maximum Gasteiger partial charge on any atom is 0.320 e. The number of carbonyl (C=O) groups excluding carboxylic acids is 2. The normalized spacial score (nSPS) is 10.8. The number of methoxy groups -OCH3 is 1. The summed E-state index contributed by atoms with van der Waals surface area (Å²) in [5.41, 5.74) is 1.55. The minimum atomic E-state index is -0.500. The molecule has 2 aromatic heterocycles. The molecular weight excluding hydrogens is 447 g/mol. The van der Waals surface area contributed by atoms with Crippen LogP contribution in [0, 0.1) is 0 Å². The molecule has 0 saturated heterocycles. The fourth-order valence-electron chi connectivity index (χ4n) is 3.08. The first-order chi connectivity index (χ1) is 16.6. The molecule has 0 aliphatic carbocycles. The van der Waals surface area contributed by atoms with Gasteiger partial charge in [0.2, 0.25) is 0 Å². The van der Waals surface area contributed by atoms with Crippen LogP contribution in [0.15, 0.2) is 43.2 Å². The van der Waals surface area contributed by atoms with E-state index in [1.807, 2.05) is 35.7 Å². The van der Waals surface area contributed by atoms with Crippen LogP contribution in [0.3, 0.4) is 0 Å². The lowest BCUT2D eigenvalue weighted by atomic mass is 9.49. The molecule has 4 N–H and O–H groups in total. The summed E-state index contributed by atoms with van der Waals surface area (Å²) in [6.07, 6.45) is 3.14. The lowest BCUT2D eigenvalue weighted by Crippen LogP contribution is -2.50. The summed E-state index contributed by atoms with van der Waals surface area (Å²) in [5.74, 6) is 0.656. The quantitative estimate of drug-likeness (QED) is 0.219. The highest BCUT2D eigenvalue weighted by Crippen LogP contribution is 2.37. The molecule has 0 fully saturated rings. The first-order valence-corrected chi connectivity index (χ1v) is 10.8. The molecule has 0 saturated carbocycles. The average Bonchev–Trinajstić information content (AvgIpc) is 3.22. The summed E-state index contributed by atoms with van der Waals surface area (Å²) in [5, 5.41) is 23.2. The molecule has 3 aromatic rings. The zero-order valence-corrected chi connectivity index (χ0v) is 20.3. The van der Waals surface area contributed by atoms with Gasteiger partial charge in [-0.2, -0.15) is 5.10 Å². The van der Waals surface area contributed by atoms with E-state index in [-0.39, 0.29) is 18.1 Å². The van der Waals surface area contributed by atoms with Gasteiger partial charge in [0, 0.05) is 19.7 Å². The van der Waals surface area contributed by atoms with Gasteiger partial charge in [0.25, 0.3) is 5.91 Å². The van der Waals surface area contributed by atoms with Gasteiger partial charge in [-0.05, 0) is 17.4 Å². The van der Waals surface area contributed by atoms with E-state index < -0.39 is 17.2 Å². The number of para-hydroxylation sites is 1. The van der Waals surface area contributed by atoms with Gasteiger partial charge in [-0.25, -0.2) is 9.78 Å². The van der Waals surface area contributed by atoms with Gasteiger partial charge in [0.05, 0.1) is 24.0 Å². The minimum absolute atomic E-state index is 0.0420. The highest BCUT2D eigenvalue weighted by Gasteiger charge is 2.23. The highest BCUT2D eigenvalue weighted by molar-refractivity contribution is 6.60. The van der Waals surface area contributed by atoms with Gasteiger partial charge in [-0.3, -0.25) is 14.8 Å². The Morgan fingerprint density at radius 3 is 2.63 bits per heavy atom. The number of benzene rings is 1. The van der Waals surface area contributed by atoms with Crippen LogP contribution in [-0.2, 0) is 7.05 Å². The molecule has 0 spiro atoms. The summed E-state index contributed by atoms with van der Waals surface area (Å²) in [6, 6.07) is 6.44. The molecule has 0 atom stereocenters. The monoisotopic (exact) mass is 473 g/mol. The Morgan fingerprint density at radius 2 is 2.00 bits per heavy atom. The third-order valence-corrected chi connectivity index (χ3v) is 4.48. The Labute approximate surface area is 205 Å². The molecule has 1 aromatic carbocycles. The number of urea groups is 1. The number of nitrogens with one attached hydrogen (secondary N) is 4. The fourth-order valence-corrected chi connectivity index (χ4v) is 3.08. The Hall–Kier alpha value is -4.29. The van der Waals surface area contributed by atoms with Crippen molar-refractivity contribution in [3.8, 4) is 17.1 Å². The third kappa shape index (κ3) is 6.62. The second-order valence-electron chi connectivity index (χ2n) is 8.57. The van der Waals surface area contributed by atoms with Crippen LogP contribution in [0.25, 0.3) is 11.4 Å². The van der Waals surface area contributed by atoms with Crippen molar-refractivity contribution in [2.45, 2.75) is 5.24 Å². The maximum atomic E-state index is 13.0. The number of nitrogens with zero attached hydrogens (tertiary/aromatic N) is 5. The number of rotatable bonds is 9. The van der Waals surface area contributed by atoms with Crippen molar-refractivity contribution in [1.82, 2.24) is 35.6 Å². The lowest BCUT2D eigenvalue weighted by Gasteiger charge is -2.21. The number of ether oxygens (including phenoxy) is 1. The molecule has 0 aliphatic heterocycles. The van der Waals surface area contributed by atoms with Crippen LogP contribution in [0.1, 0.15) is 10.5 Å². The first kappa shape index (κ1) is 25.3. The summed E-state index contributed by atoms with van der Waals surface area (Å²) >= 11 is 0. The second kappa shape index (κ2) is 10.8. The molecule has 2 heterocycles. The number of aryl methyl sites for hydroxylation is 1. The Morgan fingerprint density at radius 1 is 1.23 bits per heavy atom. The molecule has 0 aliphatic rings. The highest BCUT2D eigenvalue weighted by atomic mass is 16.5. The van der Waals surface area contributed by atoms with Gasteiger partial charge >= 0.3 is 6.03 Å². The van der Waals surface area contributed by atoms with E-state index in [9.17, 15) is 9.59 Å². The maximum absolute atomic E-state index is 13.0. The van der Waals surface area contributed by atoms with Crippen molar-refractivity contribution >= 4 is 52.7 Å². The lowest BCUT2D eigenvalue weighted by molar-refractivity contribution is 0.0947. The van der Waals surface area contributed by atoms with Gasteiger partial charge < -0.3 is 20.7 Å². The smallest absolute Gasteiger partial charge is 0.320 e. The zero-order chi connectivity index (χ0) is 25.6. The van der Waals surface area contributed by atoms with Crippen molar-refractivity contribution in [1.29, 1.82) is 0 Å². The van der Waals surface area contributed by atoms with Crippen molar-refractivity contribution in [3.63, 3.8) is 0 Å². The topological polar surface area (TPSA) is 148 Å². The van der Waals surface area contributed by atoms with E-state index in [0.29, 0.717) is 28.5 Å². The van der Waals surface area contributed by atoms with Gasteiger partial charge in [0.1, 0.15) is 29.9 Å². The number of hydrogen-bond donors (Lipinski definition) is 4. The van der Waals surface area contributed by atoms with E-state index in [4.69, 9.17) is 4.74 Å². The van der Waals surface area contributed by atoms with E-state index in [1.54, 1.807) is 30.2 Å². The van der Waals surface area contributed by atoms with Crippen LogP contribution < -0.4 is 26.0 Å². The number of amides is 3. The van der Waals surface area contributed by atoms with Gasteiger partial charge in [-0.15, -0.1) is 16.8 Å². The zero-order valence-electron chi connectivity index (χ0n) is 20.3. The summed E-state index contributed by atoms with van der Waals surface area (Å²) in [6.45, 7) is 3.84. The van der Waals surface area contributed by atoms with Crippen LogP contribution in [0.5, 0.6) is 5.75 Å². The van der Waals surface area contributed by atoms with Crippen LogP contribution >= 0.6 is 0 Å². The molecule has 0 bridgehead atoms. The molecule has 3 rings (SSSR count). The minimum Gasteiger partial charge on any atom is -0.494 e. The van der Waals surface area contributed by atoms with E-state index >= 15 is 0 Å². The molecule has 12 nitrogen and oxygen atoms in total. The van der Waals surface area contributed by atoms with Crippen molar-refractivity contribution in [3.05, 3.63) is 48.9 Å². The summed E-state index contributed by atoms with van der Waals surface area (Å²) in [7, 11) is 8.88. The fraction of sp³-hybridized carbons (Fsp3) is 0.200. The molecule has 0 unspecified atom stereocenters. The third-order valence-electron chi connectivity index (χ3n) is 4.48. The largest absolute Gasteiger partial charge is 0.494 e. The van der Waals surface area contributed by atoms with Crippen LogP contribution in [0.4, 0.5) is 22.0 Å². The first-order valence-electron chi connectivity index (χ1n) is 10.8. The van der Waals surface area contributed by atoms with Crippen molar-refractivity contribution in [2.24, 2.45) is 7.05 Å². The molecule has 0 radical (unpaired) electrons. The predicted octanol–water partition coefficient (Wildman–Crippen LogP) is -1.43. The molecule has 35 heavy (non-hydrogen) atoms. The number of carbonyl (C=O) groups is 2. The van der Waals surface area contributed by atoms with E-state index in [1.165, 1.54) is 13.2 Å². The standard InChI is InChI=1S/C20H26B3N9O3/c1-4-8-24-19(34)27-14-9-13(15(30-29-14)18(33)28-20(21,22)23)26-12-7-5-6-11(16(12)35-3)17-25-10-32(2)31-17/h4-7,9-10H,1,8,21-23H2,2-3H3,(H,28,33)(H3,24,26,27,29,34). The second-order valence-corrected chi connectivity index (χ2v) is 8.57. The molecule has 3 amide bonds. The van der Waals surface area contributed by atoms with E-state index in [0.717, 1.165) is 0 Å².